The van der Waals surface area contributed by atoms with Gasteiger partial charge >= 0.3 is 0 Å². The van der Waals surface area contributed by atoms with E-state index < -0.39 is 10.8 Å². The maximum atomic E-state index is 16.2. The number of fused-ring (bicyclic) bond motifs is 16. The summed E-state index contributed by atoms with van der Waals surface area (Å²) in [5, 5.41) is 4.89. The molecule has 17 rings (SSSR count). The average Bonchev–Trinajstić information content (AvgIpc) is 1.81. The van der Waals surface area contributed by atoms with Crippen molar-refractivity contribution < 1.29 is 9.59 Å². The monoisotopic (exact) mass is 1070 g/mol. The number of carbonyl (C=O) groups is 2. The van der Waals surface area contributed by atoms with Crippen molar-refractivity contribution in [2.24, 2.45) is 32.5 Å². The molecule has 412 valence electrons. The van der Waals surface area contributed by atoms with Crippen molar-refractivity contribution in [3.63, 3.8) is 0 Å². The number of hydrogen-bond donors (Lipinski definition) is 0. The third kappa shape index (κ3) is 6.07. The molecule has 0 saturated heterocycles. The summed E-state index contributed by atoms with van der Waals surface area (Å²) in [6, 6.07) is 45.1. The van der Waals surface area contributed by atoms with Crippen LogP contribution < -0.4 is 0 Å². The number of rotatable bonds is 2. The predicted octanol–water partition coefficient (Wildman–Crippen LogP) is 21.0. The molecular weight excluding hydrogens is 983 g/mol. The highest BCUT2D eigenvalue weighted by Crippen LogP contribution is 2.68. The molecule has 4 bridgehead atoms. The minimum Gasteiger partial charge on any atom is -0.308 e. The lowest BCUT2D eigenvalue weighted by Gasteiger charge is -2.53. The van der Waals surface area contributed by atoms with Gasteiger partial charge in [0.2, 0.25) is 0 Å². The Hall–Kier alpha value is -6.32. The van der Waals surface area contributed by atoms with Crippen LogP contribution in [0.3, 0.4) is 0 Å². The number of Topliss-reactive ketones (excluding diaryl/α,β-unsaturated/α-hetero) is 2. The van der Waals surface area contributed by atoms with Gasteiger partial charge in [0.05, 0.1) is 16.6 Å². The van der Waals surface area contributed by atoms with E-state index in [1.54, 1.807) is 0 Å². The van der Waals surface area contributed by atoms with Gasteiger partial charge in [-0.25, -0.2) is 0 Å². The van der Waals surface area contributed by atoms with Crippen LogP contribution in [-0.2, 0) is 21.7 Å². The normalized spacial score (nSPS) is 25.3. The number of ketones is 2. The van der Waals surface area contributed by atoms with Crippen molar-refractivity contribution in [1.82, 2.24) is 4.40 Å². The summed E-state index contributed by atoms with van der Waals surface area (Å²) >= 11 is 0. The quantitative estimate of drug-likeness (QED) is 0.173. The molecule has 0 unspecified atom stereocenters. The van der Waals surface area contributed by atoms with Crippen molar-refractivity contribution in [1.29, 1.82) is 0 Å². The van der Waals surface area contributed by atoms with E-state index in [1.165, 1.54) is 105 Å². The molecule has 0 atom stereocenters. The Morgan fingerprint density at radius 1 is 0.333 bits per heavy atom. The van der Waals surface area contributed by atoms with Crippen LogP contribution in [0.15, 0.2) is 115 Å². The second kappa shape index (κ2) is 15.5. The van der Waals surface area contributed by atoms with Gasteiger partial charge in [0, 0.05) is 65.2 Å². The van der Waals surface area contributed by atoms with E-state index >= 15 is 9.59 Å². The lowest BCUT2D eigenvalue weighted by molar-refractivity contribution is 0.00335. The molecule has 81 heavy (non-hydrogen) atoms. The number of benzene rings is 7. The van der Waals surface area contributed by atoms with Crippen LogP contribution in [0.2, 0.25) is 0 Å². The minimum absolute atomic E-state index is 0.0990. The molecule has 3 heteroatoms. The van der Waals surface area contributed by atoms with Crippen LogP contribution in [0.1, 0.15) is 216 Å². The third-order valence-corrected chi connectivity index (χ3v) is 24.7. The van der Waals surface area contributed by atoms with E-state index in [0.29, 0.717) is 11.6 Å². The van der Waals surface area contributed by atoms with Gasteiger partial charge in [0.1, 0.15) is 0 Å². The van der Waals surface area contributed by atoms with Crippen molar-refractivity contribution in [2.45, 2.75) is 184 Å². The Morgan fingerprint density at radius 3 is 1.02 bits per heavy atom. The van der Waals surface area contributed by atoms with Crippen LogP contribution in [0, 0.1) is 32.5 Å². The molecule has 9 aromatic rings. The molecular formula is C78H83NO2. The summed E-state index contributed by atoms with van der Waals surface area (Å²) in [4.78, 5) is 32.4. The van der Waals surface area contributed by atoms with Gasteiger partial charge in [-0.3, -0.25) is 9.59 Å². The lowest BCUT2D eigenvalue weighted by Crippen LogP contribution is -2.49. The van der Waals surface area contributed by atoms with Crippen molar-refractivity contribution in [3.05, 3.63) is 160 Å². The maximum Gasteiger partial charge on any atom is 0.169 e. The first-order chi connectivity index (χ1) is 37.9. The Kier molecular flexibility index (Phi) is 9.84. The van der Waals surface area contributed by atoms with Crippen LogP contribution >= 0.6 is 0 Å². The molecule has 0 radical (unpaired) electrons. The molecule has 0 spiro atoms. The molecule has 2 aromatic heterocycles. The summed E-state index contributed by atoms with van der Waals surface area (Å²) in [7, 11) is 0. The van der Waals surface area contributed by atoms with Gasteiger partial charge in [-0.1, -0.05) is 184 Å². The molecule has 2 fully saturated rings. The number of nitrogens with zero attached hydrogens (tertiary/aromatic N) is 1. The molecule has 0 N–H and O–H groups in total. The zero-order chi connectivity index (χ0) is 57.1. The number of carbonyl (C=O) groups excluding carboxylic acids is 2. The van der Waals surface area contributed by atoms with E-state index in [2.05, 4.69) is 230 Å². The van der Waals surface area contributed by atoms with Crippen LogP contribution in [0.25, 0.3) is 82.6 Å². The fourth-order valence-corrected chi connectivity index (χ4v) is 19.3. The van der Waals surface area contributed by atoms with E-state index in [9.17, 15) is 0 Å². The van der Waals surface area contributed by atoms with E-state index in [0.717, 1.165) is 73.5 Å². The Balaban J connectivity index is 1.14. The highest BCUT2D eigenvalue weighted by Gasteiger charge is 2.62. The van der Waals surface area contributed by atoms with Crippen molar-refractivity contribution in [3.8, 4) is 44.5 Å². The summed E-state index contributed by atoms with van der Waals surface area (Å²) in [5.41, 5.74) is 20.9. The topological polar surface area (TPSA) is 38.5 Å². The summed E-state index contributed by atoms with van der Waals surface area (Å²) < 4.78 is 2.57. The van der Waals surface area contributed by atoms with Gasteiger partial charge in [0.25, 0.3) is 0 Å². The van der Waals surface area contributed by atoms with Gasteiger partial charge in [-0.2, -0.15) is 0 Å². The summed E-state index contributed by atoms with van der Waals surface area (Å²) in [6.45, 7) is 38.1. The van der Waals surface area contributed by atoms with Crippen molar-refractivity contribution in [2.75, 3.05) is 0 Å². The van der Waals surface area contributed by atoms with Gasteiger partial charge in [0.15, 0.2) is 11.6 Å². The smallest absolute Gasteiger partial charge is 0.169 e. The predicted molar refractivity (Wildman–Crippen MR) is 339 cm³/mol. The number of hydrogen-bond acceptors (Lipinski definition) is 2. The third-order valence-electron chi connectivity index (χ3n) is 24.7. The molecule has 2 heterocycles. The fourth-order valence-electron chi connectivity index (χ4n) is 19.3. The Bertz CT molecular complexity index is 4030. The first-order valence-electron chi connectivity index (χ1n) is 30.9. The minimum atomic E-state index is -0.472. The molecule has 8 aliphatic rings. The second-order valence-corrected chi connectivity index (χ2v) is 32.1. The zero-order valence-corrected chi connectivity index (χ0v) is 51.4. The standard InChI is InChI=1S/C78H83NO2/c1-69(2,3)75-29-33-77(34-30-75,71(7,8)9)67(80)52-42-62-54(40-60(52)75)64-50(44-25-27-48-46-21-17-19-23-56(46)73(13,14)58(48)37-44)39-51(45-26-28-49-47-22-18-20-24-57(47)74(15,16)59(49)38-45)65-55-41-61-53(43-63(55)79(62)66(64)65)68(81)78(72(10,11)12)35-31-76(61,32-36-78)70(4,5)6/h17-28,37-43H,29-36H2,1-16H3. The highest BCUT2D eigenvalue weighted by molar-refractivity contribution is 6.31. The summed E-state index contributed by atoms with van der Waals surface area (Å²) in [6.07, 6.45) is 7.51. The largest absolute Gasteiger partial charge is 0.308 e. The van der Waals surface area contributed by atoms with E-state index in [1.807, 2.05) is 0 Å². The van der Waals surface area contributed by atoms with Crippen LogP contribution in [-0.4, -0.2) is 16.0 Å². The molecule has 3 nitrogen and oxygen atoms in total. The zero-order valence-electron chi connectivity index (χ0n) is 51.4. The van der Waals surface area contributed by atoms with Crippen molar-refractivity contribution >= 4 is 49.7 Å². The second-order valence-electron chi connectivity index (χ2n) is 32.1. The van der Waals surface area contributed by atoms with Gasteiger partial charge in [-0.05, 0) is 193 Å². The first-order valence-corrected chi connectivity index (χ1v) is 30.9. The lowest BCUT2D eigenvalue weighted by atomic mass is 9.50. The van der Waals surface area contributed by atoms with Crippen LogP contribution in [0.4, 0.5) is 0 Å². The van der Waals surface area contributed by atoms with Gasteiger partial charge in [-0.15, -0.1) is 0 Å². The first kappa shape index (κ1) is 51.6. The molecule has 2 saturated carbocycles. The highest BCUT2D eigenvalue weighted by atomic mass is 16.1. The fraction of sp³-hybridized carbons (Fsp3) is 0.436. The maximum absolute atomic E-state index is 16.2. The average molecular weight is 1070 g/mol. The molecule has 8 aliphatic carbocycles. The molecule has 0 aliphatic heterocycles. The SMILES string of the molecule is CC1(C)c2ccccc2-c2ccc(-c3cc(-c4ccc5c(c4)C(C)(C)c4ccccc4-5)c4c5cc6c(cc5n5c7cc8c(cc7c3c45)C3(C(C)(C)C)CCC(C(C)(C)C)(CC3)C8=O)C(=O)C3(C(C)(C)C)CCC6(C(C)(C)C)CC3)cc21. The van der Waals surface area contributed by atoms with Gasteiger partial charge < -0.3 is 4.40 Å². The van der Waals surface area contributed by atoms with E-state index in [-0.39, 0.29) is 43.3 Å². The van der Waals surface area contributed by atoms with Crippen LogP contribution in [0.5, 0.6) is 0 Å². The molecule has 0 amide bonds. The van der Waals surface area contributed by atoms with E-state index in [4.69, 9.17) is 0 Å². The Morgan fingerprint density at radius 2 is 0.667 bits per heavy atom. The number of aromatic nitrogens is 1. The summed E-state index contributed by atoms with van der Waals surface area (Å²) in [5.74, 6) is 0.644. The Labute approximate surface area is 481 Å². The molecule has 7 aromatic carbocycles.